The van der Waals surface area contributed by atoms with Crippen LogP contribution < -0.4 is 15.5 Å². The van der Waals surface area contributed by atoms with E-state index in [0.29, 0.717) is 17.1 Å². The summed E-state index contributed by atoms with van der Waals surface area (Å²) in [6.07, 6.45) is 1.93. The summed E-state index contributed by atoms with van der Waals surface area (Å²) in [5.41, 5.74) is 9.98. The van der Waals surface area contributed by atoms with Gasteiger partial charge in [-0.1, -0.05) is 0 Å². The number of nitrogens with two attached hydrogens (primary N) is 1. The van der Waals surface area contributed by atoms with E-state index in [1.54, 1.807) is 6.20 Å². The number of fused-ring (bicyclic) bond motifs is 1. The van der Waals surface area contributed by atoms with Gasteiger partial charge in [-0.25, -0.2) is 4.98 Å². The highest BCUT2D eigenvalue weighted by atomic mass is 16.5. The summed E-state index contributed by atoms with van der Waals surface area (Å²) in [6, 6.07) is 13.9. The lowest BCUT2D eigenvalue weighted by atomic mass is 10.1. The molecule has 2 unspecified atom stereocenters. The van der Waals surface area contributed by atoms with Gasteiger partial charge < -0.3 is 25.4 Å². The number of hydrogen-bond donors (Lipinski definition) is 2. The number of aromatic nitrogens is 2. The zero-order valence-electron chi connectivity index (χ0n) is 20.0. The van der Waals surface area contributed by atoms with E-state index in [0.717, 1.165) is 68.1 Å². The number of hydrogen-bond acceptors (Lipinski definition) is 9. The van der Waals surface area contributed by atoms with Crippen LogP contribution in [0.5, 0.6) is 0 Å². The minimum Gasteiger partial charge on any atom is -0.390 e. The molecule has 2 atom stereocenters. The number of piperazine rings is 1. The Morgan fingerprint density at radius 1 is 1.14 bits per heavy atom. The fraction of sp³-hybridized carbons (Fsp3) is 0.423. The molecule has 35 heavy (non-hydrogen) atoms. The van der Waals surface area contributed by atoms with Gasteiger partial charge >= 0.3 is 0 Å². The maximum atomic E-state index is 9.48. The van der Waals surface area contributed by atoms with Crippen molar-refractivity contribution in [3.8, 4) is 6.07 Å². The van der Waals surface area contributed by atoms with Crippen LogP contribution in [-0.2, 0) is 11.3 Å². The number of pyridine rings is 2. The lowest BCUT2D eigenvalue weighted by Gasteiger charge is -2.42. The van der Waals surface area contributed by atoms with Gasteiger partial charge in [0.2, 0.25) is 0 Å². The Balaban J connectivity index is 1.25. The highest BCUT2D eigenvalue weighted by molar-refractivity contribution is 5.95. The molecule has 5 rings (SSSR count). The van der Waals surface area contributed by atoms with Gasteiger partial charge in [0, 0.05) is 74.8 Å². The SMILES string of the molecule is CC1CN(c2ccc(C#N)c3ncccc23)CC(CN2CCN(c3cc(N)nc(CO)c3)CC2)O1. The molecule has 3 aromatic rings. The third kappa shape index (κ3) is 5.00. The largest absolute Gasteiger partial charge is 0.390 e. The number of rotatable bonds is 5. The van der Waals surface area contributed by atoms with Crippen molar-refractivity contribution in [1.82, 2.24) is 14.9 Å². The van der Waals surface area contributed by atoms with Gasteiger partial charge in [-0.3, -0.25) is 9.88 Å². The van der Waals surface area contributed by atoms with Crippen molar-refractivity contribution in [3.05, 3.63) is 53.9 Å². The number of nitrogen functional groups attached to an aromatic ring is 1. The molecule has 0 bridgehead atoms. The van der Waals surface area contributed by atoms with Crippen LogP contribution in [0.2, 0.25) is 0 Å². The number of ether oxygens (including phenoxy) is 1. The highest BCUT2D eigenvalue weighted by Gasteiger charge is 2.29. The van der Waals surface area contributed by atoms with E-state index in [-0.39, 0.29) is 18.8 Å². The number of aliphatic hydroxyl groups excluding tert-OH is 1. The summed E-state index contributed by atoms with van der Waals surface area (Å²) in [6.45, 7) is 8.07. The fourth-order valence-electron chi connectivity index (χ4n) is 5.20. The van der Waals surface area contributed by atoms with Crippen LogP contribution in [-0.4, -0.2) is 78.0 Å². The summed E-state index contributed by atoms with van der Waals surface area (Å²) in [5.74, 6) is 0.434. The third-order valence-electron chi connectivity index (χ3n) is 6.78. The van der Waals surface area contributed by atoms with Crippen LogP contribution in [0.1, 0.15) is 18.2 Å². The van der Waals surface area contributed by atoms with E-state index in [1.807, 2.05) is 36.4 Å². The first kappa shape index (κ1) is 23.3. The van der Waals surface area contributed by atoms with Gasteiger partial charge in [0.25, 0.3) is 0 Å². The quantitative estimate of drug-likeness (QED) is 0.574. The molecule has 2 aliphatic heterocycles. The van der Waals surface area contributed by atoms with Crippen molar-refractivity contribution in [2.24, 2.45) is 0 Å². The van der Waals surface area contributed by atoms with Crippen molar-refractivity contribution >= 4 is 28.1 Å². The van der Waals surface area contributed by atoms with Crippen LogP contribution in [0.15, 0.2) is 42.6 Å². The molecule has 2 saturated heterocycles. The molecular weight excluding hydrogens is 442 g/mol. The monoisotopic (exact) mass is 473 g/mol. The molecule has 0 amide bonds. The van der Waals surface area contributed by atoms with Crippen LogP contribution in [0.3, 0.4) is 0 Å². The molecule has 0 saturated carbocycles. The summed E-state index contributed by atoms with van der Waals surface area (Å²) >= 11 is 0. The zero-order valence-corrected chi connectivity index (χ0v) is 20.0. The molecule has 2 aromatic heterocycles. The molecule has 0 aliphatic carbocycles. The van der Waals surface area contributed by atoms with Gasteiger partial charge in [-0.15, -0.1) is 0 Å². The first-order chi connectivity index (χ1) is 17.0. The second-order valence-electron chi connectivity index (χ2n) is 9.30. The number of anilines is 3. The van der Waals surface area contributed by atoms with E-state index in [2.05, 4.69) is 37.7 Å². The van der Waals surface area contributed by atoms with E-state index < -0.39 is 0 Å². The fourth-order valence-corrected chi connectivity index (χ4v) is 5.20. The van der Waals surface area contributed by atoms with Crippen LogP contribution in [0.4, 0.5) is 17.2 Å². The van der Waals surface area contributed by atoms with Crippen molar-refractivity contribution < 1.29 is 9.84 Å². The van der Waals surface area contributed by atoms with Gasteiger partial charge in [0.05, 0.1) is 35.6 Å². The molecule has 0 spiro atoms. The molecule has 4 heterocycles. The lowest BCUT2D eigenvalue weighted by molar-refractivity contribution is -0.0327. The van der Waals surface area contributed by atoms with Gasteiger partial charge in [0.1, 0.15) is 11.9 Å². The molecule has 3 N–H and O–H groups in total. The van der Waals surface area contributed by atoms with E-state index >= 15 is 0 Å². The second kappa shape index (κ2) is 10.0. The summed E-state index contributed by atoms with van der Waals surface area (Å²) in [4.78, 5) is 15.7. The third-order valence-corrected chi connectivity index (χ3v) is 6.78. The summed E-state index contributed by atoms with van der Waals surface area (Å²) < 4.78 is 6.34. The Morgan fingerprint density at radius 2 is 1.97 bits per heavy atom. The minimum absolute atomic E-state index is 0.0882. The van der Waals surface area contributed by atoms with Crippen molar-refractivity contribution in [1.29, 1.82) is 5.26 Å². The molecular formula is C26H31N7O2. The minimum atomic E-state index is -0.115. The molecule has 2 fully saturated rings. The summed E-state index contributed by atoms with van der Waals surface area (Å²) in [5, 5.41) is 19.9. The smallest absolute Gasteiger partial charge is 0.125 e. The highest BCUT2D eigenvalue weighted by Crippen LogP contribution is 2.30. The number of aliphatic hydroxyl groups is 1. The Kier molecular flexibility index (Phi) is 6.68. The maximum Gasteiger partial charge on any atom is 0.125 e. The van der Waals surface area contributed by atoms with Gasteiger partial charge in [0.15, 0.2) is 0 Å². The standard InChI is InChI=1S/C26H31N7O2/c1-18-14-33(24-5-4-19(13-27)26-23(24)3-2-6-29-26)16-22(35-18)15-31-7-9-32(10-8-31)21-11-20(17-34)30-25(28)12-21/h2-6,11-12,18,22,34H,7-10,14-17H2,1H3,(H2,28,30). The van der Waals surface area contributed by atoms with Gasteiger partial charge in [-0.05, 0) is 37.3 Å². The predicted octanol–water partition coefficient (Wildman–Crippen LogP) is 1.99. The van der Waals surface area contributed by atoms with E-state index in [1.165, 1.54) is 0 Å². The zero-order chi connectivity index (χ0) is 24.4. The molecule has 1 aromatic carbocycles. The Bertz CT molecular complexity index is 1240. The first-order valence-electron chi connectivity index (χ1n) is 12.1. The number of nitriles is 1. The normalized spacial score (nSPS) is 21.3. The average molecular weight is 474 g/mol. The van der Waals surface area contributed by atoms with Crippen molar-refractivity contribution in [2.45, 2.75) is 25.7 Å². The van der Waals surface area contributed by atoms with Crippen LogP contribution in [0, 0.1) is 11.3 Å². The maximum absolute atomic E-state index is 9.48. The molecule has 2 aliphatic rings. The van der Waals surface area contributed by atoms with E-state index in [4.69, 9.17) is 10.5 Å². The first-order valence-corrected chi connectivity index (χ1v) is 12.1. The molecule has 182 valence electrons. The molecule has 0 radical (unpaired) electrons. The lowest BCUT2D eigenvalue weighted by Crippen LogP contribution is -2.54. The summed E-state index contributed by atoms with van der Waals surface area (Å²) in [7, 11) is 0. The van der Waals surface area contributed by atoms with Crippen LogP contribution in [0.25, 0.3) is 10.9 Å². The average Bonchev–Trinajstić information content (AvgIpc) is 2.87. The Morgan fingerprint density at radius 3 is 2.74 bits per heavy atom. The number of benzene rings is 1. The van der Waals surface area contributed by atoms with Crippen molar-refractivity contribution in [2.75, 3.05) is 61.3 Å². The van der Waals surface area contributed by atoms with Crippen LogP contribution >= 0.6 is 0 Å². The second-order valence-corrected chi connectivity index (χ2v) is 9.30. The van der Waals surface area contributed by atoms with E-state index in [9.17, 15) is 10.4 Å². The van der Waals surface area contributed by atoms with Gasteiger partial charge in [-0.2, -0.15) is 5.26 Å². The molecule has 9 nitrogen and oxygen atoms in total. The van der Waals surface area contributed by atoms with Crippen molar-refractivity contribution in [3.63, 3.8) is 0 Å². The topological polar surface area (TPSA) is 115 Å². The molecule has 9 heteroatoms. The number of morpholine rings is 1. The predicted molar refractivity (Wildman–Crippen MR) is 136 cm³/mol. The number of nitrogens with zero attached hydrogens (tertiary/aromatic N) is 6. The Labute approximate surface area is 205 Å². The Hall–Kier alpha value is -3.45.